The molecule has 0 fully saturated rings. The van der Waals surface area contributed by atoms with Gasteiger partial charge in [0.1, 0.15) is 6.54 Å². The Balaban J connectivity index is 2.09. The topological polar surface area (TPSA) is 51.1 Å². The van der Waals surface area contributed by atoms with Gasteiger partial charge < -0.3 is 9.88 Å². The Morgan fingerprint density at radius 1 is 1.21 bits per heavy atom. The van der Waals surface area contributed by atoms with Crippen LogP contribution in [0.4, 0.5) is 13.2 Å². The normalized spacial score (nSPS) is 12.7. The van der Waals surface area contributed by atoms with E-state index in [4.69, 9.17) is 0 Å². The monoisotopic (exact) mass is 402 g/mol. The van der Waals surface area contributed by atoms with Crippen molar-refractivity contribution in [3.8, 4) is 0 Å². The summed E-state index contributed by atoms with van der Waals surface area (Å²) in [6.45, 7) is 1.26. The number of amides is 1. The Morgan fingerprint density at radius 2 is 1.83 bits per heavy atom. The Kier molecular flexibility index (Phi) is 5.48. The van der Waals surface area contributed by atoms with Gasteiger partial charge in [-0.15, -0.1) is 0 Å². The number of hydrogen-bond donors (Lipinski definition) is 1. The van der Waals surface area contributed by atoms with E-state index in [1.165, 1.54) is 0 Å². The van der Waals surface area contributed by atoms with E-state index >= 15 is 0 Å². The van der Waals surface area contributed by atoms with Gasteiger partial charge in [0.15, 0.2) is 0 Å². The average Bonchev–Trinajstić information content (AvgIpc) is 2.48. The molecule has 0 unspecified atom stereocenters. The number of alkyl halides is 3. The molecule has 2 rings (SSSR count). The van der Waals surface area contributed by atoms with Crippen molar-refractivity contribution in [2.24, 2.45) is 0 Å². The molecule has 128 valence electrons. The third kappa shape index (κ3) is 4.70. The second-order valence-electron chi connectivity index (χ2n) is 5.22. The van der Waals surface area contributed by atoms with Crippen molar-refractivity contribution in [2.45, 2.75) is 25.7 Å². The fourth-order valence-electron chi connectivity index (χ4n) is 2.10. The second kappa shape index (κ2) is 7.21. The molecule has 2 aromatic rings. The molecule has 4 nitrogen and oxygen atoms in total. The van der Waals surface area contributed by atoms with Crippen molar-refractivity contribution in [3.63, 3.8) is 0 Å². The largest absolute Gasteiger partial charge is 0.417 e. The van der Waals surface area contributed by atoms with Gasteiger partial charge in [-0.2, -0.15) is 13.2 Å². The predicted octanol–water partition coefficient (Wildman–Crippen LogP) is 3.51. The highest BCUT2D eigenvalue weighted by molar-refractivity contribution is 9.10. The van der Waals surface area contributed by atoms with Gasteiger partial charge in [-0.3, -0.25) is 9.59 Å². The number of nitrogens with zero attached hydrogens (tertiary/aromatic N) is 1. The Bertz CT molecular complexity index is 785. The maximum absolute atomic E-state index is 12.7. The molecule has 0 spiro atoms. The van der Waals surface area contributed by atoms with Crippen LogP contribution in [0.25, 0.3) is 0 Å². The van der Waals surface area contributed by atoms with E-state index in [9.17, 15) is 22.8 Å². The fourth-order valence-corrected chi connectivity index (χ4v) is 2.36. The van der Waals surface area contributed by atoms with E-state index < -0.39 is 29.8 Å². The highest BCUT2D eigenvalue weighted by atomic mass is 79.9. The molecule has 0 aliphatic rings. The molecule has 1 heterocycles. The van der Waals surface area contributed by atoms with Crippen LogP contribution in [-0.4, -0.2) is 10.5 Å². The molecular weight excluding hydrogens is 389 g/mol. The van der Waals surface area contributed by atoms with E-state index in [1.807, 2.05) is 24.3 Å². The van der Waals surface area contributed by atoms with Crippen LogP contribution in [0.3, 0.4) is 0 Å². The molecule has 1 amide bonds. The number of carbonyl (C=O) groups is 1. The molecule has 0 bridgehead atoms. The molecule has 8 heteroatoms. The SMILES string of the molecule is C[C@H](NC(=O)Cn1cc(C(F)(F)F)ccc1=O)c1ccc(Br)cc1. The molecule has 1 atom stereocenters. The highest BCUT2D eigenvalue weighted by Gasteiger charge is 2.31. The van der Waals surface area contributed by atoms with E-state index in [1.54, 1.807) is 6.92 Å². The number of pyridine rings is 1. The number of rotatable bonds is 4. The van der Waals surface area contributed by atoms with Gasteiger partial charge in [0.2, 0.25) is 5.91 Å². The summed E-state index contributed by atoms with van der Waals surface area (Å²) >= 11 is 3.30. The summed E-state index contributed by atoms with van der Waals surface area (Å²) in [4.78, 5) is 23.7. The Hall–Kier alpha value is -2.09. The predicted molar refractivity (Wildman–Crippen MR) is 86.4 cm³/mol. The number of benzene rings is 1. The van der Waals surface area contributed by atoms with Crippen LogP contribution in [0, 0.1) is 0 Å². The molecule has 0 radical (unpaired) electrons. The molecule has 1 aromatic heterocycles. The lowest BCUT2D eigenvalue weighted by Crippen LogP contribution is -2.34. The number of hydrogen-bond acceptors (Lipinski definition) is 2. The maximum Gasteiger partial charge on any atom is 0.417 e. The van der Waals surface area contributed by atoms with Crippen LogP contribution in [0.15, 0.2) is 51.9 Å². The summed E-state index contributed by atoms with van der Waals surface area (Å²) in [5, 5.41) is 2.65. The van der Waals surface area contributed by atoms with Gasteiger partial charge in [-0.1, -0.05) is 28.1 Å². The first-order chi connectivity index (χ1) is 11.2. The third-order valence-electron chi connectivity index (χ3n) is 3.37. The molecule has 1 aromatic carbocycles. The first-order valence-corrected chi connectivity index (χ1v) is 7.78. The van der Waals surface area contributed by atoms with Gasteiger partial charge in [-0.05, 0) is 30.7 Å². The van der Waals surface area contributed by atoms with Crippen molar-refractivity contribution < 1.29 is 18.0 Å². The van der Waals surface area contributed by atoms with Crippen LogP contribution >= 0.6 is 15.9 Å². The first-order valence-electron chi connectivity index (χ1n) is 6.99. The summed E-state index contributed by atoms with van der Waals surface area (Å²) in [5.41, 5.74) is -0.812. The molecular formula is C16H14BrF3N2O2. The Morgan fingerprint density at radius 3 is 2.42 bits per heavy atom. The van der Waals surface area contributed by atoms with E-state index in [-0.39, 0.29) is 6.04 Å². The van der Waals surface area contributed by atoms with Crippen molar-refractivity contribution in [3.05, 3.63) is 68.5 Å². The molecule has 1 N–H and O–H groups in total. The zero-order valence-corrected chi connectivity index (χ0v) is 14.2. The van der Waals surface area contributed by atoms with E-state index in [0.29, 0.717) is 12.3 Å². The fraction of sp³-hybridized carbons (Fsp3) is 0.250. The smallest absolute Gasteiger partial charge is 0.348 e. The minimum absolute atomic E-state index is 0.341. The maximum atomic E-state index is 12.7. The zero-order chi connectivity index (χ0) is 17.9. The summed E-state index contributed by atoms with van der Waals surface area (Å²) in [6, 6.07) is 8.41. The molecule has 0 saturated heterocycles. The molecule has 0 saturated carbocycles. The minimum atomic E-state index is -4.57. The van der Waals surface area contributed by atoms with Crippen LogP contribution in [-0.2, 0) is 17.5 Å². The average molecular weight is 403 g/mol. The van der Waals surface area contributed by atoms with Crippen molar-refractivity contribution >= 4 is 21.8 Å². The Labute approximate surface area is 144 Å². The van der Waals surface area contributed by atoms with Gasteiger partial charge in [-0.25, -0.2) is 0 Å². The van der Waals surface area contributed by atoms with Gasteiger partial charge in [0.05, 0.1) is 11.6 Å². The van der Waals surface area contributed by atoms with Gasteiger partial charge >= 0.3 is 6.18 Å². The lowest BCUT2D eigenvalue weighted by molar-refractivity contribution is -0.138. The summed E-state index contributed by atoms with van der Waals surface area (Å²) in [7, 11) is 0. The van der Waals surface area contributed by atoms with Gasteiger partial charge in [0.25, 0.3) is 5.56 Å². The zero-order valence-electron chi connectivity index (χ0n) is 12.6. The number of aromatic nitrogens is 1. The van der Waals surface area contributed by atoms with Crippen molar-refractivity contribution in [2.75, 3.05) is 0 Å². The van der Waals surface area contributed by atoms with Crippen molar-refractivity contribution in [1.29, 1.82) is 0 Å². The van der Waals surface area contributed by atoms with E-state index in [2.05, 4.69) is 21.2 Å². The summed E-state index contributed by atoms with van der Waals surface area (Å²) in [5.74, 6) is -0.549. The second-order valence-corrected chi connectivity index (χ2v) is 6.14. The molecule has 24 heavy (non-hydrogen) atoms. The standard InChI is InChI=1S/C16H14BrF3N2O2/c1-10(11-2-5-13(17)6-3-11)21-14(23)9-22-8-12(16(18,19)20)4-7-15(22)24/h2-8,10H,9H2,1H3,(H,21,23)/t10-/m0/s1. The number of nitrogens with one attached hydrogen (secondary N) is 1. The van der Waals surface area contributed by atoms with Crippen LogP contribution in [0.2, 0.25) is 0 Å². The van der Waals surface area contributed by atoms with Crippen molar-refractivity contribution in [1.82, 2.24) is 9.88 Å². The highest BCUT2D eigenvalue weighted by Crippen LogP contribution is 2.28. The number of halogens is 4. The molecule has 0 aliphatic carbocycles. The lowest BCUT2D eigenvalue weighted by atomic mass is 10.1. The van der Waals surface area contributed by atoms with Crippen LogP contribution in [0.1, 0.15) is 24.1 Å². The summed E-state index contributed by atoms with van der Waals surface area (Å²) < 4.78 is 39.7. The quantitative estimate of drug-likeness (QED) is 0.850. The summed E-state index contributed by atoms with van der Waals surface area (Å²) in [6.07, 6.45) is -3.93. The lowest BCUT2D eigenvalue weighted by Gasteiger charge is -2.16. The van der Waals surface area contributed by atoms with E-state index in [0.717, 1.165) is 20.7 Å². The van der Waals surface area contributed by atoms with Crippen LogP contribution < -0.4 is 10.9 Å². The van der Waals surface area contributed by atoms with Gasteiger partial charge in [0, 0.05) is 16.7 Å². The first kappa shape index (κ1) is 18.3. The van der Waals surface area contributed by atoms with Crippen LogP contribution in [0.5, 0.6) is 0 Å². The molecule has 0 aliphatic heterocycles. The number of carbonyl (C=O) groups excluding carboxylic acids is 1. The third-order valence-corrected chi connectivity index (χ3v) is 3.90. The minimum Gasteiger partial charge on any atom is -0.348 e.